The van der Waals surface area contributed by atoms with E-state index in [1.54, 1.807) is 0 Å². The highest BCUT2D eigenvalue weighted by molar-refractivity contribution is 7.99. The van der Waals surface area contributed by atoms with E-state index in [1.807, 2.05) is 48.2 Å². The van der Waals surface area contributed by atoms with Crippen LogP contribution in [0.1, 0.15) is 39.2 Å². The van der Waals surface area contributed by atoms with E-state index >= 15 is 0 Å². The number of thioether (sulfide) groups is 1. The monoisotopic (exact) mass is 356 g/mol. The van der Waals surface area contributed by atoms with Crippen molar-refractivity contribution in [3.05, 3.63) is 66.2 Å². The molecule has 0 fully saturated rings. The van der Waals surface area contributed by atoms with E-state index in [9.17, 15) is 4.79 Å². The Labute approximate surface area is 156 Å². The zero-order valence-corrected chi connectivity index (χ0v) is 16.2. The van der Waals surface area contributed by atoms with E-state index < -0.39 is 0 Å². The van der Waals surface area contributed by atoms with Crippen LogP contribution >= 0.6 is 11.8 Å². The Hall–Kier alpha value is -1.74. The van der Waals surface area contributed by atoms with Gasteiger partial charge >= 0.3 is 5.97 Å². The average molecular weight is 357 g/mol. The quantitative estimate of drug-likeness (QED) is 0.431. The summed E-state index contributed by atoms with van der Waals surface area (Å²) in [4.78, 5) is 13.4. The summed E-state index contributed by atoms with van der Waals surface area (Å²) < 4.78 is 5.41. The lowest BCUT2D eigenvalue weighted by Gasteiger charge is -2.30. The highest BCUT2D eigenvalue weighted by Crippen LogP contribution is 2.34. The van der Waals surface area contributed by atoms with Gasteiger partial charge in [-0.1, -0.05) is 69.3 Å². The summed E-state index contributed by atoms with van der Waals surface area (Å²) in [6.45, 7) is 7.11. The molecule has 0 saturated carbocycles. The van der Waals surface area contributed by atoms with Crippen LogP contribution < -0.4 is 0 Å². The molecule has 0 heterocycles. The highest BCUT2D eigenvalue weighted by atomic mass is 32.2. The molecule has 3 heteroatoms. The number of benzene rings is 2. The molecule has 25 heavy (non-hydrogen) atoms. The van der Waals surface area contributed by atoms with Crippen LogP contribution in [0.2, 0.25) is 0 Å². The van der Waals surface area contributed by atoms with Crippen LogP contribution in [0, 0.1) is 11.3 Å². The topological polar surface area (TPSA) is 26.3 Å². The van der Waals surface area contributed by atoms with E-state index in [-0.39, 0.29) is 11.4 Å². The summed E-state index contributed by atoms with van der Waals surface area (Å²) >= 11 is 1.87. The van der Waals surface area contributed by atoms with Crippen molar-refractivity contribution in [3.63, 3.8) is 0 Å². The molecule has 2 aromatic carbocycles. The smallest absolute Gasteiger partial charge is 0.306 e. The Morgan fingerprint density at radius 3 is 2.20 bits per heavy atom. The molecule has 0 unspecified atom stereocenters. The fraction of sp³-hybridized carbons (Fsp3) is 0.409. The van der Waals surface area contributed by atoms with Crippen molar-refractivity contribution in [2.75, 3.05) is 5.75 Å². The molecule has 1 atom stereocenters. The van der Waals surface area contributed by atoms with Crippen molar-refractivity contribution < 1.29 is 9.53 Å². The molecule has 2 nitrogen and oxygen atoms in total. The Bertz CT molecular complexity index is 632. The number of carbonyl (C=O) groups excluding carboxylic acids is 1. The Morgan fingerprint density at radius 2 is 1.60 bits per heavy atom. The minimum atomic E-state index is -0.109. The van der Waals surface area contributed by atoms with Gasteiger partial charge in [0.2, 0.25) is 0 Å². The van der Waals surface area contributed by atoms with Gasteiger partial charge in [-0.25, -0.2) is 0 Å². The van der Waals surface area contributed by atoms with Crippen molar-refractivity contribution in [1.82, 2.24) is 0 Å². The third kappa shape index (κ3) is 7.35. The Balaban J connectivity index is 1.80. The lowest BCUT2D eigenvalue weighted by molar-refractivity contribution is -0.145. The molecule has 0 saturated heterocycles. The molecule has 134 valence electrons. The third-order valence-corrected chi connectivity index (χ3v) is 5.53. The van der Waals surface area contributed by atoms with Crippen LogP contribution in [0.3, 0.4) is 0 Å². The van der Waals surface area contributed by atoms with Crippen molar-refractivity contribution in [1.29, 1.82) is 0 Å². The molecule has 0 N–H and O–H groups in total. The maximum atomic E-state index is 12.1. The summed E-state index contributed by atoms with van der Waals surface area (Å²) in [6, 6.07) is 20.3. The van der Waals surface area contributed by atoms with Crippen molar-refractivity contribution in [2.24, 2.45) is 11.3 Å². The zero-order chi connectivity index (χ0) is 18.1. The van der Waals surface area contributed by atoms with E-state index in [0.717, 1.165) is 17.7 Å². The van der Waals surface area contributed by atoms with Gasteiger partial charge in [0.15, 0.2) is 0 Å². The first-order valence-corrected chi connectivity index (χ1v) is 9.81. The summed E-state index contributed by atoms with van der Waals surface area (Å²) in [5, 5.41) is 0. The maximum Gasteiger partial charge on any atom is 0.306 e. The first-order valence-electron chi connectivity index (χ1n) is 8.82. The molecule has 0 radical (unpaired) electrons. The minimum absolute atomic E-state index is 0.109. The molecule has 0 bridgehead atoms. The molecule has 0 aliphatic rings. The van der Waals surface area contributed by atoms with E-state index in [4.69, 9.17) is 4.74 Å². The zero-order valence-electron chi connectivity index (χ0n) is 15.4. The third-order valence-electron chi connectivity index (χ3n) is 4.36. The second-order valence-electron chi connectivity index (χ2n) is 7.37. The van der Waals surface area contributed by atoms with Gasteiger partial charge in [-0.3, -0.25) is 4.79 Å². The number of hydrogen-bond acceptors (Lipinski definition) is 3. The molecule has 0 aliphatic heterocycles. The standard InChI is InChI=1S/C22H28O2S/c1-22(2,3)19(17-25-20-12-8-5-9-13-20)14-15-21(23)24-16-18-10-6-4-7-11-18/h4-13,19H,14-17H2,1-3H3/t19-/m1/s1. The van der Waals surface area contributed by atoms with Crippen molar-refractivity contribution >= 4 is 17.7 Å². The first kappa shape index (κ1) is 19.6. The average Bonchev–Trinajstić information content (AvgIpc) is 2.60. The largest absolute Gasteiger partial charge is 0.461 e. The molecule has 2 rings (SSSR count). The second-order valence-corrected chi connectivity index (χ2v) is 8.47. The van der Waals surface area contributed by atoms with Crippen LogP contribution in [0.25, 0.3) is 0 Å². The summed E-state index contributed by atoms with van der Waals surface area (Å²) in [6.07, 6.45) is 1.33. The van der Waals surface area contributed by atoms with Crippen molar-refractivity contribution in [2.45, 2.75) is 45.1 Å². The van der Waals surface area contributed by atoms with Crippen LogP contribution in [0.5, 0.6) is 0 Å². The second kappa shape index (κ2) is 9.67. The predicted octanol–water partition coefficient (Wildman–Crippen LogP) is 5.96. The van der Waals surface area contributed by atoms with Gasteiger partial charge in [0.25, 0.3) is 0 Å². The molecule has 0 spiro atoms. The Kier molecular flexibility index (Phi) is 7.57. The van der Waals surface area contributed by atoms with Crippen molar-refractivity contribution in [3.8, 4) is 0 Å². The number of rotatable bonds is 8. The highest BCUT2D eigenvalue weighted by Gasteiger charge is 2.25. The number of carbonyl (C=O) groups is 1. The van der Waals surface area contributed by atoms with Gasteiger partial charge in [0.1, 0.15) is 6.61 Å². The lowest BCUT2D eigenvalue weighted by Crippen LogP contribution is -2.24. The summed E-state index contributed by atoms with van der Waals surface area (Å²) in [5.41, 5.74) is 1.20. The normalized spacial score (nSPS) is 12.6. The fourth-order valence-corrected chi connectivity index (χ4v) is 3.99. The molecular formula is C22H28O2S. The first-order chi connectivity index (χ1) is 11.9. The number of esters is 1. The summed E-state index contributed by atoms with van der Waals surface area (Å²) in [7, 11) is 0. The van der Waals surface area contributed by atoms with Crippen LogP contribution in [0.4, 0.5) is 0 Å². The SMILES string of the molecule is CC(C)(C)[C@H](CCC(=O)OCc1ccccc1)CSc1ccccc1. The van der Waals surface area contributed by atoms with Gasteiger partial charge in [-0.05, 0) is 35.4 Å². The van der Waals surface area contributed by atoms with Gasteiger partial charge < -0.3 is 4.74 Å². The Morgan fingerprint density at radius 1 is 1.00 bits per heavy atom. The van der Waals surface area contributed by atoms with E-state index in [1.165, 1.54) is 4.90 Å². The molecule has 2 aromatic rings. The van der Waals surface area contributed by atoms with Crippen LogP contribution in [-0.2, 0) is 16.1 Å². The fourth-order valence-electron chi connectivity index (χ4n) is 2.58. The molecule has 0 aromatic heterocycles. The molecule has 0 aliphatic carbocycles. The van der Waals surface area contributed by atoms with Crippen LogP contribution in [-0.4, -0.2) is 11.7 Å². The predicted molar refractivity (Wildman–Crippen MR) is 106 cm³/mol. The number of ether oxygens (including phenoxy) is 1. The van der Waals surface area contributed by atoms with Gasteiger partial charge in [-0.2, -0.15) is 0 Å². The summed E-state index contributed by atoms with van der Waals surface area (Å²) in [5.74, 6) is 1.37. The van der Waals surface area contributed by atoms with Crippen LogP contribution in [0.15, 0.2) is 65.6 Å². The van der Waals surface area contributed by atoms with E-state index in [2.05, 4.69) is 45.0 Å². The maximum absolute atomic E-state index is 12.1. The minimum Gasteiger partial charge on any atom is -0.461 e. The number of hydrogen-bond donors (Lipinski definition) is 0. The van der Waals surface area contributed by atoms with Gasteiger partial charge in [0.05, 0.1) is 0 Å². The van der Waals surface area contributed by atoms with Gasteiger partial charge in [-0.15, -0.1) is 11.8 Å². The van der Waals surface area contributed by atoms with Gasteiger partial charge in [0, 0.05) is 17.1 Å². The van der Waals surface area contributed by atoms with E-state index in [0.29, 0.717) is 18.9 Å². The lowest BCUT2D eigenvalue weighted by atomic mass is 9.79. The molecular weight excluding hydrogens is 328 g/mol. The molecule has 0 amide bonds.